The van der Waals surface area contributed by atoms with Crippen LogP contribution in [-0.2, 0) is 4.74 Å². The number of rotatable bonds is 7. The van der Waals surface area contributed by atoms with E-state index in [1.54, 1.807) is 0 Å². The molecule has 1 aromatic carbocycles. The molecule has 3 heteroatoms. The van der Waals surface area contributed by atoms with E-state index in [2.05, 4.69) is 54.4 Å². The molecule has 0 radical (unpaired) electrons. The molecule has 1 atom stereocenters. The van der Waals surface area contributed by atoms with Crippen LogP contribution in [-0.4, -0.2) is 43.8 Å². The van der Waals surface area contributed by atoms with Gasteiger partial charge in [0.15, 0.2) is 0 Å². The molecule has 1 fully saturated rings. The average Bonchev–Trinajstić information content (AvgIpc) is 2.48. The summed E-state index contributed by atoms with van der Waals surface area (Å²) in [6.45, 7) is 9.56. The first kappa shape index (κ1) is 15.5. The molecule has 1 saturated heterocycles. The van der Waals surface area contributed by atoms with Gasteiger partial charge in [-0.2, -0.15) is 0 Å². The zero-order chi connectivity index (χ0) is 14.2. The van der Waals surface area contributed by atoms with Gasteiger partial charge in [-0.3, -0.25) is 4.90 Å². The second kappa shape index (κ2) is 8.40. The second-order valence-electron chi connectivity index (χ2n) is 5.79. The van der Waals surface area contributed by atoms with Crippen LogP contribution in [0.25, 0.3) is 0 Å². The van der Waals surface area contributed by atoms with Gasteiger partial charge in [0.1, 0.15) is 0 Å². The minimum atomic E-state index is 0.353. The summed E-state index contributed by atoms with van der Waals surface area (Å²) in [5.74, 6) is 0. The zero-order valence-electron chi connectivity index (χ0n) is 12.8. The van der Waals surface area contributed by atoms with E-state index >= 15 is 0 Å². The van der Waals surface area contributed by atoms with Crippen molar-refractivity contribution in [2.45, 2.75) is 38.8 Å². The second-order valence-corrected chi connectivity index (χ2v) is 5.79. The van der Waals surface area contributed by atoms with E-state index in [1.807, 2.05) is 0 Å². The maximum absolute atomic E-state index is 5.61. The Morgan fingerprint density at radius 3 is 2.80 bits per heavy atom. The first-order valence-electron chi connectivity index (χ1n) is 7.88. The maximum Gasteiger partial charge on any atom is 0.0518 e. The molecule has 112 valence electrons. The third-order valence-electron chi connectivity index (χ3n) is 3.83. The molecule has 0 spiro atoms. The molecule has 0 amide bonds. The Morgan fingerprint density at radius 2 is 2.05 bits per heavy atom. The fraction of sp³-hybridized carbons (Fsp3) is 0.647. The molecule has 0 saturated carbocycles. The van der Waals surface area contributed by atoms with Gasteiger partial charge in [0.05, 0.1) is 6.10 Å². The SMILES string of the molecule is CC(C)OCCCCN1CCNCC1c1ccccc1. The number of ether oxygens (including phenoxy) is 1. The van der Waals surface area contributed by atoms with E-state index in [4.69, 9.17) is 4.74 Å². The van der Waals surface area contributed by atoms with E-state index in [-0.39, 0.29) is 0 Å². The highest BCUT2D eigenvalue weighted by Gasteiger charge is 2.22. The van der Waals surface area contributed by atoms with E-state index in [0.717, 1.165) is 32.7 Å². The summed E-state index contributed by atoms with van der Waals surface area (Å²) in [6.07, 6.45) is 2.73. The minimum absolute atomic E-state index is 0.353. The van der Waals surface area contributed by atoms with Gasteiger partial charge in [0, 0.05) is 32.3 Å². The van der Waals surface area contributed by atoms with Crippen molar-refractivity contribution in [2.75, 3.05) is 32.8 Å². The van der Waals surface area contributed by atoms with Crippen molar-refractivity contribution in [3.63, 3.8) is 0 Å². The summed E-state index contributed by atoms with van der Waals surface area (Å²) < 4.78 is 5.61. The summed E-state index contributed by atoms with van der Waals surface area (Å²) in [6, 6.07) is 11.4. The number of nitrogens with zero attached hydrogens (tertiary/aromatic N) is 1. The number of unbranched alkanes of at least 4 members (excludes halogenated alkanes) is 1. The molecule has 1 N–H and O–H groups in total. The molecule has 0 aliphatic carbocycles. The molecular weight excluding hydrogens is 248 g/mol. The van der Waals surface area contributed by atoms with Crippen LogP contribution in [0.2, 0.25) is 0 Å². The first-order valence-corrected chi connectivity index (χ1v) is 7.88. The largest absolute Gasteiger partial charge is 0.379 e. The van der Waals surface area contributed by atoms with Crippen LogP contribution in [0.15, 0.2) is 30.3 Å². The van der Waals surface area contributed by atoms with Crippen molar-refractivity contribution in [1.82, 2.24) is 10.2 Å². The Morgan fingerprint density at radius 1 is 1.25 bits per heavy atom. The van der Waals surface area contributed by atoms with Gasteiger partial charge in [0.2, 0.25) is 0 Å². The molecule has 0 aromatic heterocycles. The van der Waals surface area contributed by atoms with Gasteiger partial charge in [-0.05, 0) is 38.8 Å². The molecule has 1 aliphatic heterocycles. The number of nitrogens with one attached hydrogen (secondary N) is 1. The highest BCUT2D eigenvalue weighted by Crippen LogP contribution is 2.22. The van der Waals surface area contributed by atoms with Crippen molar-refractivity contribution in [3.05, 3.63) is 35.9 Å². The fourth-order valence-electron chi connectivity index (χ4n) is 2.75. The lowest BCUT2D eigenvalue weighted by Gasteiger charge is -2.36. The van der Waals surface area contributed by atoms with Crippen LogP contribution >= 0.6 is 0 Å². The number of benzene rings is 1. The average molecular weight is 276 g/mol. The predicted octanol–water partition coefficient (Wildman–Crippen LogP) is 2.84. The van der Waals surface area contributed by atoms with E-state index in [1.165, 1.54) is 18.5 Å². The smallest absolute Gasteiger partial charge is 0.0518 e. The molecule has 3 nitrogen and oxygen atoms in total. The molecule has 1 heterocycles. The maximum atomic E-state index is 5.61. The molecule has 1 aliphatic rings. The van der Waals surface area contributed by atoms with Crippen molar-refractivity contribution < 1.29 is 4.74 Å². The minimum Gasteiger partial charge on any atom is -0.379 e. The van der Waals surface area contributed by atoms with Crippen molar-refractivity contribution in [2.24, 2.45) is 0 Å². The molecule has 20 heavy (non-hydrogen) atoms. The zero-order valence-corrected chi connectivity index (χ0v) is 12.8. The van der Waals surface area contributed by atoms with Gasteiger partial charge < -0.3 is 10.1 Å². The Labute approximate surface area is 123 Å². The lowest BCUT2D eigenvalue weighted by Crippen LogP contribution is -2.46. The summed E-state index contributed by atoms with van der Waals surface area (Å²) in [7, 11) is 0. The quantitative estimate of drug-likeness (QED) is 0.775. The van der Waals surface area contributed by atoms with Crippen LogP contribution in [0, 0.1) is 0 Å². The van der Waals surface area contributed by atoms with Crippen molar-refractivity contribution >= 4 is 0 Å². The van der Waals surface area contributed by atoms with E-state index in [0.29, 0.717) is 12.1 Å². The van der Waals surface area contributed by atoms with Gasteiger partial charge in [-0.1, -0.05) is 30.3 Å². The van der Waals surface area contributed by atoms with Gasteiger partial charge in [-0.25, -0.2) is 0 Å². The number of piperazine rings is 1. The molecule has 0 bridgehead atoms. The lowest BCUT2D eigenvalue weighted by atomic mass is 10.0. The lowest BCUT2D eigenvalue weighted by molar-refractivity contribution is 0.0718. The van der Waals surface area contributed by atoms with Crippen molar-refractivity contribution in [3.8, 4) is 0 Å². The fourth-order valence-corrected chi connectivity index (χ4v) is 2.75. The standard InChI is InChI=1S/C17H28N2O/c1-15(2)20-13-7-6-11-19-12-10-18-14-17(19)16-8-4-3-5-9-16/h3-5,8-9,15,17-18H,6-7,10-14H2,1-2H3. The Kier molecular flexibility index (Phi) is 6.51. The van der Waals surface area contributed by atoms with Crippen LogP contribution in [0.4, 0.5) is 0 Å². The Bertz CT molecular complexity index is 367. The molecule has 1 unspecified atom stereocenters. The van der Waals surface area contributed by atoms with Gasteiger partial charge in [-0.15, -0.1) is 0 Å². The number of hydrogen-bond acceptors (Lipinski definition) is 3. The molecular formula is C17H28N2O. The monoisotopic (exact) mass is 276 g/mol. The Balaban J connectivity index is 1.79. The highest BCUT2D eigenvalue weighted by molar-refractivity contribution is 5.20. The predicted molar refractivity (Wildman–Crippen MR) is 83.9 cm³/mol. The molecule has 1 aromatic rings. The summed E-state index contributed by atoms with van der Waals surface area (Å²) in [5.41, 5.74) is 1.43. The third kappa shape index (κ3) is 4.89. The summed E-state index contributed by atoms with van der Waals surface area (Å²) in [5, 5.41) is 3.51. The Hall–Kier alpha value is -0.900. The number of hydrogen-bond donors (Lipinski definition) is 1. The van der Waals surface area contributed by atoms with Gasteiger partial charge in [0.25, 0.3) is 0 Å². The van der Waals surface area contributed by atoms with Crippen LogP contribution < -0.4 is 5.32 Å². The topological polar surface area (TPSA) is 24.5 Å². The van der Waals surface area contributed by atoms with E-state index < -0.39 is 0 Å². The summed E-state index contributed by atoms with van der Waals surface area (Å²) in [4.78, 5) is 2.61. The van der Waals surface area contributed by atoms with E-state index in [9.17, 15) is 0 Å². The van der Waals surface area contributed by atoms with Crippen LogP contribution in [0.1, 0.15) is 38.3 Å². The van der Waals surface area contributed by atoms with Crippen molar-refractivity contribution in [1.29, 1.82) is 0 Å². The van der Waals surface area contributed by atoms with Gasteiger partial charge >= 0.3 is 0 Å². The third-order valence-corrected chi connectivity index (χ3v) is 3.83. The first-order chi connectivity index (χ1) is 9.77. The van der Waals surface area contributed by atoms with Crippen LogP contribution in [0.3, 0.4) is 0 Å². The van der Waals surface area contributed by atoms with Crippen LogP contribution in [0.5, 0.6) is 0 Å². The molecule has 2 rings (SSSR count). The normalized spacial score (nSPS) is 20.4. The summed E-state index contributed by atoms with van der Waals surface area (Å²) >= 11 is 0. The highest BCUT2D eigenvalue weighted by atomic mass is 16.5.